The van der Waals surface area contributed by atoms with Gasteiger partial charge in [-0.25, -0.2) is 0 Å². The van der Waals surface area contributed by atoms with Crippen LogP contribution in [0.25, 0.3) is 0 Å². The first-order valence-electron chi connectivity index (χ1n) is 8.85. The van der Waals surface area contributed by atoms with Crippen molar-refractivity contribution < 1.29 is 14.6 Å². The first kappa shape index (κ1) is 20.0. The minimum Gasteiger partial charge on any atom is -0.489 e. The van der Waals surface area contributed by atoms with Crippen molar-refractivity contribution in [2.75, 3.05) is 39.3 Å². The zero-order valence-corrected chi connectivity index (χ0v) is 16.4. The van der Waals surface area contributed by atoms with Gasteiger partial charge in [-0.05, 0) is 30.3 Å². The van der Waals surface area contributed by atoms with E-state index in [1.54, 1.807) is 18.2 Å². The Hall–Kier alpha value is -1.79. The molecule has 0 unspecified atom stereocenters. The summed E-state index contributed by atoms with van der Waals surface area (Å²) in [5.74, 6) is 0.551. The first-order chi connectivity index (χ1) is 13.0. The van der Waals surface area contributed by atoms with Crippen LogP contribution in [0.5, 0.6) is 5.75 Å². The topological polar surface area (TPSA) is 53.0 Å². The molecule has 1 aliphatic heterocycles. The number of carbonyl (C=O) groups is 1. The van der Waals surface area contributed by atoms with Gasteiger partial charge in [-0.15, -0.1) is 0 Å². The van der Waals surface area contributed by atoms with Gasteiger partial charge in [0.2, 0.25) is 0 Å². The number of carbonyl (C=O) groups excluding carboxylic acids is 1. The Balaban J connectivity index is 1.42. The number of aliphatic hydroxyl groups excluding tert-OH is 1. The SMILES string of the molecule is O=C(c1ccccc1)N1CCN(C[C@@H](O)COc2ccc(Cl)cc2Cl)CC1. The van der Waals surface area contributed by atoms with Crippen LogP contribution < -0.4 is 4.74 Å². The van der Waals surface area contributed by atoms with Crippen LogP contribution in [0.1, 0.15) is 10.4 Å². The smallest absolute Gasteiger partial charge is 0.253 e. The van der Waals surface area contributed by atoms with Crippen molar-refractivity contribution in [3.05, 3.63) is 64.1 Å². The summed E-state index contributed by atoms with van der Waals surface area (Å²) in [5, 5.41) is 11.2. The third kappa shape index (κ3) is 5.59. The number of rotatable bonds is 6. The summed E-state index contributed by atoms with van der Waals surface area (Å²) in [6, 6.07) is 14.3. The second-order valence-electron chi connectivity index (χ2n) is 6.50. The molecule has 7 heteroatoms. The molecule has 1 heterocycles. The van der Waals surface area contributed by atoms with Gasteiger partial charge >= 0.3 is 0 Å². The van der Waals surface area contributed by atoms with E-state index in [9.17, 15) is 9.90 Å². The molecule has 144 valence electrons. The van der Waals surface area contributed by atoms with Crippen LogP contribution in [0, 0.1) is 0 Å². The molecular weight excluding hydrogens is 387 g/mol. The molecule has 1 N–H and O–H groups in total. The summed E-state index contributed by atoms with van der Waals surface area (Å²) in [4.78, 5) is 16.4. The highest BCUT2D eigenvalue weighted by molar-refractivity contribution is 6.35. The Labute approximate surface area is 169 Å². The average molecular weight is 409 g/mol. The van der Waals surface area contributed by atoms with E-state index >= 15 is 0 Å². The molecule has 0 bridgehead atoms. The zero-order valence-electron chi connectivity index (χ0n) is 14.9. The van der Waals surface area contributed by atoms with Crippen LogP contribution in [0.3, 0.4) is 0 Å². The number of halogens is 2. The van der Waals surface area contributed by atoms with E-state index in [0.717, 1.165) is 13.1 Å². The molecule has 1 aliphatic rings. The van der Waals surface area contributed by atoms with Crippen molar-refractivity contribution in [3.8, 4) is 5.75 Å². The Kier molecular flexibility index (Phi) is 6.96. The molecule has 0 aromatic heterocycles. The van der Waals surface area contributed by atoms with Gasteiger partial charge in [0.1, 0.15) is 18.5 Å². The lowest BCUT2D eigenvalue weighted by atomic mass is 10.2. The normalized spacial score (nSPS) is 16.2. The molecule has 0 spiro atoms. The maximum absolute atomic E-state index is 12.5. The Bertz CT molecular complexity index is 765. The van der Waals surface area contributed by atoms with Crippen LogP contribution >= 0.6 is 23.2 Å². The lowest BCUT2D eigenvalue weighted by Crippen LogP contribution is -2.50. The molecule has 0 aliphatic carbocycles. The standard InChI is InChI=1S/C20H22Cl2N2O3/c21-16-6-7-19(18(22)12-16)27-14-17(25)13-23-8-10-24(11-9-23)20(26)15-4-2-1-3-5-15/h1-7,12,17,25H,8-11,13-14H2/t17-/m1/s1. The number of ether oxygens (including phenoxy) is 1. The molecule has 3 rings (SSSR count). The summed E-state index contributed by atoms with van der Waals surface area (Å²) in [7, 11) is 0. The van der Waals surface area contributed by atoms with Crippen LogP contribution in [-0.2, 0) is 0 Å². The fourth-order valence-corrected chi connectivity index (χ4v) is 3.49. The summed E-state index contributed by atoms with van der Waals surface area (Å²) >= 11 is 11.9. The first-order valence-corrected chi connectivity index (χ1v) is 9.61. The van der Waals surface area contributed by atoms with Crippen LogP contribution in [0.15, 0.2) is 48.5 Å². The Morgan fingerprint density at radius 3 is 2.44 bits per heavy atom. The summed E-state index contributed by atoms with van der Waals surface area (Å²) < 4.78 is 5.58. The zero-order chi connectivity index (χ0) is 19.2. The maximum Gasteiger partial charge on any atom is 0.253 e. The third-order valence-corrected chi connectivity index (χ3v) is 5.00. The molecule has 2 aromatic rings. The summed E-state index contributed by atoms with van der Waals surface area (Å²) in [6.45, 7) is 3.35. The number of piperazine rings is 1. The molecule has 27 heavy (non-hydrogen) atoms. The van der Waals surface area contributed by atoms with Crippen LogP contribution in [-0.4, -0.2) is 66.2 Å². The van der Waals surface area contributed by atoms with Gasteiger partial charge in [-0.2, -0.15) is 0 Å². The number of aliphatic hydroxyl groups is 1. The van der Waals surface area contributed by atoms with E-state index in [-0.39, 0.29) is 12.5 Å². The predicted octanol–water partition coefficient (Wildman–Crippen LogP) is 3.19. The minimum absolute atomic E-state index is 0.0523. The number of hydrogen-bond donors (Lipinski definition) is 1. The fourth-order valence-electron chi connectivity index (χ4n) is 3.03. The highest BCUT2D eigenvalue weighted by Crippen LogP contribution is 2.27. The largest absolute Gasteiger partial charge is 0.489 e. The summed E-state index contributed by atoms with van der Waals surface area (Å²) in [6.07, 6.45) is -0.645. The van der Waals surface area contributed by atoms with Crippen molar-refractivity contribution in [1.29, 1.82) is 0 Å². The van der Waals surface area contributed by atoms with Crippen LogP contribution in [0.4, 0.5) is 0 Å². The van der Waals surface area contributed by atoms with Crippen molar-refractivity contribution in [2.45, 2.75) is 6.10 Å². The highest BCUT2D eigenvalue weighted by Gasteiger charge is 2.23. The second-order valence-corrected chi connectivity index (χ2v) is 7.34. The van der Waals surface area contributed by atoms with Crippen LogP contribution in [0.2, 0.25) is 10.0 Å². The maximum atomic E-state index is 12.5. The molecule has 0 saturated carbocycles. The average Bonchev–Trinajstić information content (AvgIpc) is 2.68. The number of hydrogen-bond acceptors (Lipinski definition) is 4. The molecule has 1 saturated heterocycles. The van der Waals surface area contributed by atoms with E-state index in [1.165, 1.54) is 0 Å². The number of nitrogens with zero attached hydrogens (tertiary/aromatic N) is 2. The molecule has 1 amide bonds. The van der Waals surface area contributed by atoms with Gasteiger partial charge in [0, 0.05) is 43.3 Å². The third-order valence-electron chi connectivity index (χ3n) is 4.47. The minimum atomic E-state index is -0.645. The van der Waals surface area contributed by atoms with Gasteiger partial charge in [-0.3, -0.25) is 9.69 Å². The van der Waals surface area contributed by atoms with Crippen molar-refractivity contribution in [3.63, 3.8) is 0 Å². The van der Waals surface area contributed by atoms with E-state index in [4.69, 9.17) is 27.9 Å². The predicted molar refractivity (Wildman–Crippen MR) is 107 cm³/mol. The molecule has 2 aromatic carbocycles. The number of β-amino-alcohol motifs (C(OH)–C–C–N with tert-alkyl or cyclic N) is 1. The quantitative estimate of drug-likeness (QED) is 0.797. The monoisotopic (exact) mass is 408 g/mol. The Morgan fingerprint density at radius 1 is 1.07 bits per heavy atom. The lowest BCUT2D eigenvalue weighted by molar-refractivity contribution is 0.0404. The van der Waals surface area contributed by atoms with Gasteiger partial charge in [0.15, 0.2) is 0 Å². The molecule has 0 radical (unpaired) electrons. The van der Waals surface area contributed by atoms with Crippen molar-refractivity contribution in [2.24, 2.45) is 0 Å². The number of benzene rings is 2. The van der Waals surface area contributed by atoms with Crippen molar-refractivity contribution in [1.82, 2.24) is 9.80 Å². The van der Waals surface area contributed by atoms with E-state index in [1.807, 2.05) is 35.2 Å². The van der Waals surface area contributed by atoms with E-state index in [0.29, 0.717) is 41.0 Å². The Morgan fingerprint density at radius 2 is 1.78 bits per heavy atom. The van der Waals surface area contributed by atoms with Gasteiger partial charge < -0.3 is 14.7 Å². The second kappa shape index (κ2) is 9.42. The van der Waals surface area contributed by atoms with Gasteiger partial charge in [0.05, 0.1) is 5.02 Å². The molecular formula is C20H22Cl2N2O3. The lowest BCUT2D eigenvalue weighted by Gasteiger charge is -2.35. The molecule has 1 fully saturated rings. The summed E-state index contributed by atoms with van der Waals surface area (Å²) in [5.41, 5.74) is 0.708. The highest BCUT2D eigenvalue weighted by atomic mass is 35.5. The molecule has 1 atom stereocenters. The van der Waals surface area contributed by atoms with Gasteiger partial charge in [0.25, 0.3) is 5.91 Å². The van der Waals surface area contributed by atoms with Gasteiger partial charge in [-0.1, -0.05) is 41.4 Å². The van der Waals surface area contributed by atoms with E-state index < -0.39 is 6.10 Å². The molecule has 5 nitrogen and oxygen atoms in total. The fraction of sp³-hybridized carbons (Fsp3) is 0.350. The van der Waals surface area contributed by atoms with Crippen molar-refractivity contribution >= 4 is 29.1 Å². The number of amides is 1. The van der Waals surface area contributed by atoms with E-state index in [2.05, 4.69) is 4.90 Å².